The number of hydrogen-bond donors (Lipinski definition) is 0. The molecule has 8 aromatic carbocycles. The minimum atomic E-state index is 0.388. The minimum Gasteiger partial charge on any atom is -0.456 e. The summed E-state index contributed by atoms with van der Waals surface area (Å²) in [6, 6.07) is 51.4. The minimum absolute atomic E-state index is 0.388. The number of para-hydroxylation sites is 1. The first-order valence-electron chi connectivity index (χ1n) is 15.6. The van der Waals surface area contributed by atoms with Gasteiger partial charge >= 0.3 is 0 Å². The van der Waals surface area contributed by atoms with Crippen molar-refractivity contribution in [1.82, 2.24) is 0 Å². The van der Waals surface area contributed by atoms with E-state index in [0.29, 0.717) is 17.7 Å². The first-order chi connectivity index (χ1) is 22.1. The second-order valence-electron chi connectivity index (χ2n) is 11.1. The molecule has 9 rings (SSSR count). The summed E-state index contributed by atoms with van der Waals surface area (Å²) < 4.78 is 22.9. The molecule has 0 amide bonds. The molecule has 43 heavy (non-hydrogen) atoms. The molecule has 200 valence electrons. The van der Waals surface area contributed by atoms with Gasteiger partial charge in [0.25, 0.3) is 0 Å². The van der Waals surface area contributed by atoms with E-state index in [1.807, 2.05) is 42.5 Å². The second kappa shape index (κ2) is 9.44. The predicted molar refractivity (Wildman–Crippen MR) is 183 cm³/mol. The monoisotopic (exact) mass is 548 g/mol. The maximum Gasteiger partial charge on any atom is 0.135 e. The normalized spacial score (nSPS) is 12.4. The standard InChI is InChI=1S/C42H26O/c1-2-11-28-24-32(21-20-27(28)10-1)42-36-17-5-3-15-34(36)41(35-16-4-6-18-37(35)42)31-13-9-12-29(25-31)30-22-23-40-38(26-30)33-14-7-8-19-39(33)43-40/h1-26H/i1D,23D. The van der Waals surface area contributed by atoms with Gasteiger partial charge in [0.05, 0.1) is 2.74 Å². The van der Waals surface area contributed by atoms with Crippen LogP contribution in [0.1, 0.15) is 2.74 Å². The fourth-order valence-corrected chi connectivity index (χ4v) is 6.71. The van der Waals surface area contributed by atoms with E-state index >= 15 is 0 Å². The number of rotatable bonds is 3. The van der Waals surface area contributed by atoms with Crippen LogP contribution in [0, 0.1) is 0 Å². The average Bonchev–Trinajstić information content (AvgIpc) is 3.46. The van der Waals surface area contributed by atoms with Crippen LogP contribution in [0.4, 0.5) is 0 Å². The molecule has 1 nitrogen and oxygen atoms in total. The Morgan fingerprint density at radius 1 is 0.372 bits per heavy atom. The summed E-state index contributed by atoms with van der Waals surface area (Å²) in [5.41, 5.74) is 8.21. The SMILES string of the molecule is [2H]c1ccc2cc(-c3c4ccccc4c(-c4cccc(-c5cc([2H])c6oc7ccccc7c6c5)c4)c4ccccc34)ccc2c1. The fraction of sp³-hybridized carbons (Fsp3) is 0. The molecule has 1 heteroatoms. The highest BCUT2D eigenvalue weighted by Gasteiger charge is 2.17. The Kier molecular flexibility index (Phi) is 4.83. The van der Waals surface area contributed by atoms with E-state index in [1.54, 1.807) is 0 Å². The Bertz CT molecular complexity index is 2570. The molecule has 0 aliphatic heterocycles. The molecule has 0 aliphatic carbocycles. The van der Waals surface area contributed by atoms with E-state index in [-0.39, 0.29) is 0 Å². The zero-order valence-corrected chi connectivity index (χ0v) is 23.3. The molecule has 1 heterocycles. The molecule has 0 fully saturated rings. The molecule has 0 bridgehead atoms. The van der Waals surface area contributed by atoms with Crippen molar-refractivity contribution in [3.05, 3.63) is 158 Å². The van der Waals surface area contributed by atoms with E-state index in [2.05, 4.69) is 103 Å². The van der Waals surface area contributed by atoms with Gasteiger partial charge in [-0.3, -0.25) is 0 Å². The molecular weight excluding hydrogens is 520 g/mol. The molecule has 0 saturated carbocycles. The fourth-order valence-electron chi connectivity index (χ4n) is 6.71. The summed E-state index contributed by atoms with van der Waals surface area (Å²) in [6.07, 6.45) is 0. The van der Waals surface area contributed by atoms with Gasteiger partial charge in [0.1, 0.15) is 11.2 Å². The van der Waals surface area contributed by atoms with Crippen LogP contribution < -0.4 is 0 Å². The van der Waals surface area contributed by atoms with E-state index in [4.69, 9.17) is 7.16 Å². The Labute approximate surface area is 252 Å². The maximum atomic E-state index is 8.78. The van der Waals surface area contributed by atoms with Crippen molar-refractivity contribution in [3.63, 3.8) is 0 Å². The van der Waals surface area contributed by atoms with Crippen LogP contribution in [0.2, 0.25) is 0 Å². The molecule has 0 radical (unpaired) electrons. The van der Waals surface area contributed by atoms with Gasteiger partial charge in [-0.15, -0.1) is 0 Å². The van der Waals surface area contributed by atoms with Crippen molar-refractivity contribution in [2.24, 2.45) is 0 Å². The summed E-state index contributed by atoms with van der Waals surface area (Å²) in [6.45, 7) is 0. The first kappa shape index (κ1) is 22.0. The third-order valence-electron chi connectivity index (χ3n) is 8.68. The number of hydrogen-bond acceptors (Lipinski definition) is 1. The van der Waals surface area contributed by atoms with Gasteiger partial charge in [0.15, 0.2) is 0 Å². The van der Waals surface area contributed by atoms with Crippen LogP contribution in [0.3, 0.4) is 0 Å². The number of furan rings is 1. The molecule has 0 spiro atoms. The largest absolute Gasteiger partial charge is 0.456 e. The Balaban J connectivity index is 1.28. The zero-order valence-electron chi connectivity index (χ0n) is 25.3. The number of benzene rings is 8. The third-order valence-corrected chi connectivity index (χ3v) is 8.68. The zero-order chi connectivity index (χ0) is 30.1. The van der Waals surface area contributed by atoms with Crippen molar-refractivity contribution in [3.8, 4) is 33.4 Å². The van der Waals surface area contributed by atoms with Gasteiger partial charge in [-0.1, -0.05) is 127 Å². The summed E-state index contributed by atoms with van der Waals surface area (Å²) in [4.78, 5) is 0. The van der Waals surface area contributed by atoms with Crippen LogP contribution in [-0.4, -0.2) is 0 Å². The molecule has 9 aromatic rings. The lowest BCUT2D eigenvalue weighted by Crippen LogP contribution is -1.91. The Hall–Kier alpha value is -5.66. The molecule has 1 aromatic heterocycles. The van der Waals surface area contributed by atoms with E-state index in [1.165, 1.54) is 32.7 Å². The van der Waals surface area contributed by atoms with E-state index in [0.717, 1.165) is 49.4 Å². The van der Waals surface area contributed by atoms with E-state index < -0.39 is 0 Å². The first-order valence-corrected chi connectivity index (χ1v) is 14.6. The third kappa shape index (κ3) is 3.79. The van der Waals surface area contributed by atoms with Crippen molar-refractivity contribution < 1.29 is 7.16 Å². The van der Waals surface area contributed by atoms with Gasteiger partial charge in [-0.05, 0) is 96.0 Å². The van der Waals surface area contributed by atoms with Crippen molar-refractivity contribution in [2.75, 3.05) is 0 Å². The molecule has 0 aliphatic rings. The predicted octanol–water partition coefficient (Wildman–Crippen LogP) is 12.0. The van der Waals surface area contributed by atoms with Crippen LogP contribution in [-0.2, 0) is 0 Å². The molecule has 0 atom stereocenters. The van der Waals surface area contributed by atoms with Gasteiger partial charge in [-0.25, -0.2) is 0 Å². The smallest absolute Gasteiger partial charge is 0.135 e. The lowest BCUT2D eigenvalue weighted by Gasteiger charge is -2.18. The van der Waals surface area contributed by atoms with Gasteiger partial charge in [-0.2, -0.15) is 0 Å². The average molecular weight is 549 g/mol. The summed E-state index contributed by atoms with van der Waals surface area (Å²) in [5, 5.41) is 8.99. The summed E-state index contributed by atoms with van der Waals surface area (Å²) in [5.74, 6) is 0. The lowest BCUT2D eigenvalue weighted by molar-refractivity contribution is 0.669. The maximum absolute atomic E-state index is 8.78. The van der Waals surface area contributed by atoms with Crippen LogP contribution in [0.5, 0.6) is 0 Å². The van der Waals surface area contributed by atoms with Gasteiger partial charge in [0, 0.05) is 10.8 Å². The van der Waals surface area contributed by atoms with Gasteiger partial charge < -0.3 is 4.42 Å². The Morgan fingerprint density at radius 2 is 1.00 bits per heavy atom. The van der Waals surface area contributed by atoms with Gasteiger partial charge in [0.2, 0.25) is 0 Å². The second-order valence-corrected chi connectivity index (χ2v) is 11.1. The van der Waals surface area contributed by atoms with Crippen LogP contribution in [0.25, 0.3) is 87.6 Å². The molecule has 0 N–H and O–H groups in total. The topological polar surface area (TPSA) is 13.1 Å². The summed E-state index contributed by atoms with van der Waals surface area (Å²) in [7, 11) is 0. The molecular formula is C42H26O. The van der Waals surface area contributed by atoms with Crippen molar-refractivity contribution in [1.29, 1.82) is 0 Å². The number of fused-ring (bicyclic) bond motifs is 6. The highest BCUT2D eigenvalue weighted by Crippen LogP contribution is 2.44. The highest BCUT2D eigenvalue weighted by atomic mass is 16.3. The quantitative estimate of drug-likeness (QED) is 0.200. The van der Waals surface area contributed by atoms with Crippen LogP contribution >= 0.6 is 0 Å². The van der Waals surface area contributed by atoms with Crippen molar-refractivity contribution >= 4 is 54.3 Å². The summed E-state index contributed by atoms with van der Waals surface area (Å²) >= 11 is 0. The molecule has 0 unspecified atom stereocenters. The van der Waals surface area contributed by atoms with Crippen LogP contribution in [0.15, 0.2) is 162 Å². The van der Waals surface area contributed by atoms with Crippen molar-refractivity contribution in [2.45, 2.75) is 0 Å². The highest BCUT2D eigenvalue weighted by molar-refractivity contribution is 6.22. The Morgan fingerprint density at radius 3 is 1.74 bits per heavy atom. The molecule has 0 saturated heterocycles. The van der Waals surface area contributed by atoms with E-state index in [9.17, 15) is 0 Å². The lowest BCUT2D eigenvalue weighted by atomic mass is 9.85.